The van der Waals surface area contributed by atoms with Crippen LogP contribution in [-0.4, -0.2) is 68.6 Å². The van der Waals surface area contributed by atoms with Crippen LogP contribution < -0.4 is 5.32 Å². The average Bonchev–Trinajstić information content (AvgIpc) is 2.90. The lowest BCUT2D eigenvalue weighted by atomic mass is 9.93. The van der Waals surface area contributed by atoms with Crippen molar-refractivity contribution in [1.82, 2.24) is 19.8 Å². The molecule has 192 valence electrons. The molecule has 0 radical (unpaired) electrons. The SMILES string of the molecule is O=C(c1cc(NC2CCC2)nc(-c2cccc(F)c2)n1)N1CC[C@H](N2CCc3ccccc3C2)[C@@H](O)C1. The molecule has 8 heteroatoms. The van der Waals surface area contributed by atoms with Crippen LogP contribution in [0, 0.1) is 5.82 Å². The van der Waals surface area contributed by atoms with Crippen LogP contribution in [0.15, 0.2) is 54.6 Å². The molecule has 3 aromatic rings. The van der Waals surface area contributed by atoms with Crippen molar-refractivity contribution in [3.63, 3.8) is 0 Å². The molecule has 0 bridgehead atoms. The molecule has 2 N–H and O–H groups in total. The number of amides is 1. The Kier molecular flexibility index (Phi) is 6.61. The lowest BCUT2D eigenvalue weighted by Crippen LogP contribution is -2.56. The molecule has 1 saturated heterocycles. The number of halogens is 1. The monoisotopic (exact) mass is 501 g/mol. The first-order chi connectivity index (χ1) is 18.0. The van der Waals surface area contributed by atoms with Gasteiger partial charge < -0.3 is 15.3 Å². The van der Waals surface area contributed by atoms with Gasteiger partial charge in [-0.3, -0.25) is 9.69 Å². The van der Waals surface area contributed by atoms with Gasteiger partial charge in [0.05, 0.1) is 6.10 Å². The second kappa shape index (κ2) is 10.2. The quantitative estimate of drug-likeness (QED) is 0.552. The summed E-state index contributed by atoms with van der Waals surface area (Å²) in [5, 5.41) is 14.5. The summed E-state index contributed by atoms with van der Waals surface area (Å²) >= 11 is 0. The largest absolute Gasteiger partial charge is 0.390 e. The predicted molar refractivity (Wildman–Crippen MR) is 140 cm³/mol. The summed E-state index contributed by atoms with van der Waals surface area (Å²) < 4.78 is 13.9. The Morgan fingerprint density at radius 3 is 2.59 bits per heavy atom. The summed E-state index contributed by atoms with van der Waals surface area (Å²) in [5.41, 5.74) is 3.48. The number of nitrogens with zero attached hydrogens (tertiary/aromatic N) is 4. The van der Waals surface area contributed by atoms with Gasteiger partial charge >= 0.3 is 0 Å². The number of fused-ring (bicyclic) bond motifs is 1. The fraction of sp³-hybridized carbons (Fsp3) is 0.414. The number of aromatic nitrogens is 2. The van der Waals surface area contributed by atoms with Gasteiger partial charge in [0.15, 0.2) is 5.82 Å². The minimum atomic E-state index is -0.639. The minimum absolute atomic E-state index is 0.0153. The number of hydrogen-bond donors (Lipinski definition) is 2. The zero-order chi connectivity index (χ0) is 25.4. The third-order valence-electron chi connectivity index (χ3n) is 7.95. The Morgan fingerprint density at radius 1 is 1.00 bits per heavy atom. The Labute approximate surface area is 216 Å². The lowest BCUT2D eigenvalue weighted by molar-refractivity contribution is -0.0139. The summed E-state index contributed by atoms with van der Waals surface area (Å²) in [6.45, 7) is 2.53. The first-order valence-electron chi connectivity index (χ1n) is 13.2. The van der Waals surface area contributed by atoms with Crippen LogP contribution in [0.1, 0.15) is 47.3 Å². The van der Waals surface area contributed by atoms with E-state index in [0.717, 1.165) is 32.4 Å². The Balaban J connectivity index is 1.19. The standard InChI is InChI=1S/C29H32FN5O2/c30-22-8-3-7-20(15-22)28-32-24(16-27(33-28)31-23-9-4-10-23)29(37)35-14-12-25(26(36)18-35)34-13-11-19-5-1-2-6-21(19)17-34/h1-3,5-8,15-16,23,25-26,36H,4,9-14,17-18H2,(H,31,32,33)/t25-,26-/m0/s1. The number of hydrogen-bond acceptors (Lipinski definition) is 6. The smallest absolute Gasteiger partial charge is 0.272 e. The molecule has 2 aromatic carbocycles. The molecule has 1 aromatic heterocycles. The van der Waals surface area contributed by atoms with Crippen LogP contribution in [0.2, 0.25) is 0 Å². The van der Waals surface area contributed by atoms with Gasteiger partial charge in [0, 0.05) is 49.9 Å². The number of aliphatic hydroxyl groups is 1. The molecule has 2 aliphatic heterocycles. The maximum atomic E-state index is 13.9. The molecule has 2 atom stereocenters. The van der Waals surface area contributed by atoms with Crippen molar-refractivity contribution >= 4 is 11.7 Å². The number of anilines is 1. The summed E-state index contributed by atoms with van der Waals surface area (Å²) in [5.74, 6) is 0.273. The highest BCUT2D eigenvalue weighted by molar-refractivity contribution is 5.93. The maximum Gasteiger partial charge on any atom is 0.272 e. The Hall–Kier alpha value is -3.36. The topological polar surface area (TPSA) is 81.6 Å². The zero-order valence-corrected chi connectivity index (χ0v) is 20.8. The molecule has 3 aliphatic rings. The number of aliphatic hydroxyl groups excluding tert-OH is 1. The van der Waals surface area contributed by atoms with E-state index >= 15 is 0 Å². The predicted octanol–water partition coefficient (Wildman–Crippen LogP) is 3.88. The maximum absolute atomic E-state index is 13.9. The number of benzene rings is 2. The number of carbonyl (C=O) groups is 1. The molecule has 0 unspecified atom stereocenters. The normalized spacial score (nSPS) is 22.3. The highest BCUT2D eigenvalue weighted by Gasteiger charge is 2.36. The number of piperidine rings is 1. The van der Waals surface area contributed by atoms with Gasteiger partial charge in [0.1, 0.15) is 17.3 Å². The molecule has 3 heterocycles. The van der Waals surface area contributed by atoms with Crippen molar-refractivity contribution in [3.8, 4) is 11.4 Å². The van der Waals surface area contributed by atoms with Crippen LogP contribution in [0.25, 0.3) is 11.4 Å². The number of rotatable bonds is 5. The van der Waals surface area contributed by atoms with Crippen LogP contribution in [0.5, 0.6) is 0 Å². The summed E-state index contributed by atoms with van der Waals surface area (Å²) in [7, 11) is 0. The van der Waals surface area contributed by atoms with Gasteiger partial charge in [-0.2, -0.15) is 0 Å². The number of carbonyl (C=O) groups excluding carboxylic acids is 1. The van der Waals surface area contributed by atoms with Crippen molar-refractivity contribution in [2.75, 3.05) is 25.0 Å². The summed E-state index contributed by atoms with van der Waals surface area (Å²) in [6.07, 6.45) is 4.32. The molecule has 1 amide bonds. The lowest BCUT2D eigenvalue weighted by Gasteiger charge is -2.43. The molecule has 6 rings (SSSR count). The first kappa shape index (κ1) is 24.0. The van der Waals surface area contributed by atoms with E-state index in [-0.39, 0.29) is 30.0 Å². The first-order valence-corrected chi connectivity index (χ1v) is 13.2. The van der Waals surface area contributed by atoms with Crippen molar-refractivity contribution in [2.45, 2.75) is 56.8 Å². The highest BCUT2D eigenvalue weighted by Crippen LogP contribution is 2.28. The summed E-state index contributed by atoms with van der Waals surface area (Å²) in [6, 6.07) is 16.6. The van der Waals surface area contributed by atoms with E-state index in [9.17, 15) is 14.3 Å². The van der Waals surface area contributed by atoms with Crippen molar-refractivity contribution in [1.29, 1.82) is 0 Å². The van der Waals surface area contributed by atoms with Crippen molar-refractivity contribution in [2.24, 2.45) is 0 Å². The van der Waals surface area contributed by atoms with Crippen molar-refractivity contribution in [3.05, 3.63) is 77.2 Å². The van der Waals surface area contributed by atoms with E-state index in [1.807, 2.05) is 0 Å². The van der Waals surface area contributed by atoms with Crippen LogP contribution >= 0.6 is 0 Å². The van der Waals surface area contributed by atoms with Crippen LogP contribution in [0.4, 0.5) is 10.2 Å². The molecule has 0 spiro atoms. The molecule has 2 fully saturated rings. The van der Waals surface area contributed by atoms with Crippen LogP contribution in [-0.2, 0) is 13.0 Å². The highest BCUT2D eigenvalue weighted by atomic mass is 19.1. The molecule has 37 heavy (non-hydrogen) atoms. The van der Waals surface area contributed by atoms with Gasteiger partial charge in [0.2, 0.25) is 0 Å². The fourth-order valence-electron chi connectivity index (χ4n) is 5.64. The molecule has 1 aliphatic carbocycles. The number of likely N-dealkylation sites (tertiary alicyclic amines) is 1. The van der Waals surface area contributed by atoms with E-state index in [2.05, 4.69) is 44.5 Å². The number of β-amino-alcohol motifs (C(OH)–C–C–N with tert-alkyl or cyclic N) is 1. The van der Waals surface area contributed by atoms with Crippen molar-refractivity contribution < 1.29 is 14.3 Å². The van der Waals surface area contributed by atoms with Gasteiger partial charge in [-0.05, 0) is 55.4 Å². The zero-order valence-electron chi connectivity index (χ0n) is 20.8. The van der Waals surface area contributed by atoms with E-state index in [1.54, 1.807) is 23.1 Å². The van der Waals surface area contributed by atoms with Gasteiger partial charge in [-0.15, -0.1) is 0 Å². The molecule has 7 nitrogen and oxygen atoms in total. The average molecular weight is 502 g/mol. The second-order valence-corrected chi connectivity index (χ2v) is 10.4. The third-order valence-corrected chi connectivity index (χ3v) is 7.95. The minimum Gasteiger partial charge on any atom is -0.390 e. The van der Waals surface area contributed by atoms with E-state index in [1.165, 1.54) is 29.7 Å². The molecular weight excluding hydrogens is 469 g/mol. The van der Waals surface area contributed by atoms with E-state index in [0.29, 0.717) is 36.2 Å². The fourth-order valence-corrected chi connectivity index (χ4v) is 5.64. The van der Waals surface area contributed by atoms with Gasteiger partial charge in [-0.1, -0.05) is 36.4 Å². The van der Waals surface area contributed by atoms with Gasteiger partial charge in [0.25, 0.3) is 5.91 Å². The van der Waals surface area contributed by atoms with E-state index in [4.69, 9.17) is 0 Å². The second-order valence-electron chi connectivity index (χ2n) is 10.4. The molecular formula is C29H32FN5O2. The van der Waals surface area contributed by atoms with Gasteiger partial charge in [-0.25, -0.2) is 14.4 Å². The molecule has 1 saturated carbocycles. The van der Waals surface area contributed by atoms with Crippen LogP contribution in [0.3, 0.4) is 0 Å². The Bertz CT molecular complexity index is 1300. The van der Waals surface area contributed by atoms with E-state index < -0.39 is 6.10 Å². The summed E-state index contributed by atoms with van der Waals surface area (Å²) in [4.78, 5) is 26.7. The third kappa shape index (κ3) is 5.08. The Morgan fingerprint density at radius 2 is 1.84 bits per heavy atom. The number of nitrogens with one attached hydrogen (secondary N) is 1.